The Morgan fingerprint density at radius 3 is 2.62 bits per heavy atom. The lowest BCUT2D eigenvalue weighted by atomic mass is 10.0. The Balaban J connectivity index is 0.00000181. The number of aromatic nitrogens is 2. The first kappa shape index (κ1) is 26.0. The number of unbranched alkanes of at least 4 members (excludes halogenated alkanes) is 1. The Morgan fingerprint density at radius 1 is 1.19 bits per heavy atom. The van der Waals surface area contributed by atoms with Crippen LogP contribution in [0.4, 0.5) is 5.69 Å². The number of aryl methyl sites for hydroxylation is 1. The molecule has 1 aromatic carbocycles. The van der Waals surface area contributed by atoms with E-state index < -0.39 is 0 Å². The van der Waals surface area contributed by atoms with Gasteiger partial charge in [-0.3, -0.25) is 9.20 Å². The van der Waals surface area contributed by atoms with E-state index >= 15 is 0 Å². The molecule has 1 fully saturated rings. The SMILES string of the molecule is CCCCc1nc2c(OCC)cccn2c(=O)c1-c1ccc(NC2CCNC2)cc1.Cl.Cl. The molecule has 3 heterocycles. The first-order valence-electron chi connectivity index (χ1n) is 11.0. The van der Waals surface area contributed by atoms with E-state index in [0.29, 0.717) is 29.6 Å². The highest BCUT2D eigenvalue weighted by Gasteiger charge is 2.18. The maximum atomic E-state index is 13.5. The van der Waals surface area contributed by atoms with Gasteiger partial charge in [0.25, 0.3) is 5.56 Å². The number of rotatable bonds is 8. The number of hydrogen-bond donors (Lipinski definition) is 2. The van der Waals surface area contributed by atoms with Gasteiger partial charge in [-0.25, -0.2) is 4.98 Å². The van der Waals surface area contributed by atoms with Gasteiger partial charge >= 0.3 is 0 Å². The van der Waals surface area contributed by atoms with Gasteiger partial charge in [-0.15, -0.1) is 24.8 Å². The predicted molar refractivity (Wildman–Crippen MR) is 136 cm³/mol. The van der Waals surface area contributed by atoms with E-state index in [1.807, 2.05) is 31.2 Å². The maximum Gasteiger partial charge on any atom is 0.266 e. The lowest BCUT2D eigenvalue weighted by Gasteiger charge is -2.15. The Kier molecular flexibility index (Phi) is 9.82. The number of benzene rings is 1. The lowest BCUT2D eigenvalue weighted by molar-refractivity contribution is 0.342. The van der Waals surface area contributed by atoms with Gasteiger partial charge in [0.05, 0.1) is 17.9 Å². The van der Waals surface area contributed by atoms with E-state index in [0.717, 1.165) is 55.7 Å². The van der Waals surface area contributed by atoms with E-state index in [1.165, 1.54) is 0 Å². The largest absolute Gasteiger partial charge is 0.490 e. The molecule has 174 valence electrons. The highest BCUT2D eigenvalue weighted by atomic mass is 35.5. The Hall–Kier alpha value is -2.28. The monoisotopic (exact) mass is 478 g/mol. The van der Waals surface area contributed by atoms with Gasteiger partial charge in [-0.2, -0.15) is 0 Å². The zero-order valence-electron chi connectivity index (χ0n) is 18.6. The molecule has 32 heavy (non-hydrogen) atoms. The molecule has 1 atom stereocenters. The van der Waals surface area contributed by atoms with Gasteiger partial charge in [0.1, 0.15) is 0 Å². The number of anilines is 1. The van der Waals surface area contributed by atoms with Crippen molar-refractivity contribution < 1.29 is 4.74 Å². The van der Waals surface area contributed by atoms with Crippen LogP contribution in [-0.2, 0) is 6.42 Å². The molecule has 2 N–H and O–H groups in total. The standard InChI is InChI=1S/C24H30N4O2.2ClH/c1-3-5-7-20-22(17-9-11-18(12-10-17)26-19-13-14-25-16-19)24(29)28-15-6-8-21(30-4-2)23(28)27-20;;/h6,8-12,15,19,25-26H,3-5,7,13-14,16H2,1-2H3;2*1H. The van der Waals surface area contributed by atoms with Crippen molar-refractivity contribution >= 4 is 36.1 Å². The third kappa shape index (κ3) is 5.55. The summed E-state index contributed by atoms with van der Waals surface area (Å²) in [6.45, 7) is 6.66. The average Bonchev–Trinajstić information content (AvgIpc) is 3.27. The van der Waals surface area contributed by atoms with Crippen LogP contribution in [0.15, 0.2) is 47.4 Å². The fourth-order valence-corrected chi connectivity index (χ4v) is 4.01. The second-order valence-corrected chi connectivity index (χ2v) is 7.75. The molecule has 0 amide bonds. The summed E-state index contributed by atoms with van der Waals surface area (Å²) in [5.41, 5.74) is 4.05. The molecule has 1 saturated heterocycles. The van der Waals surface area contributed by atoms with Gasteiger partial charge in [0.2, 0.25) is 0 Å². The van der Waals surface area contributed by atoms with E-state index in [-0.39, 0.29) is 30.4 Å². The molecule has 0 bridgehead atoms. The van der Waals surface area contributed by atoms with Crippen molar-refractivity contribution in [2.24, 2.45) is 0 Å². The molecule has 0 aliphatic carbocycles. The van der Waals surface area contributed by atoms with Crippen molar-refractivity contribution in [2.75, 3.05) is 25.0 Å². The number of halogens is 2. The molecule has 1 unspecified atom stereocenters. The summed E-state index contributed by atoms with van der Waals surface area (Å²) in [4.78, 5) is 18.4. The van der Waals surface area contributed by atoms with Crippen LogP contribution >= 0.6 is 24.8 Å². The van der Waals surface area contributed by atoms with Crippen molar-refractivity contribution in [3.63, 3.8) is 0 Å². The van der Waals surface area contributed by atoms with Gasteiger partial charge in [-0.05, 0) is 62.6 Å². The lowest BCUT2D eigenvalue weighted by Crippen LogP contribution is -2.22. The molecular weight excluding hydrogens is 447 g/mol. The second kappa shape index (κ2) is 12.1. The second-order valence-electron chi connectivity index (χ2n) is 7.75. The number of nitrogens with zero attached hydrogens (tertiary/aromatic N) is 2. The van der Waals surface area contributed by atoms with Crippen molar-refractivity contribution in [1.82, 2.24) is 14.7 Å². The number of hydrogen-bond acceptors (Lipinski definition) is 5. The molecule has 1 aliphatic heterocycles. The smallest absolute Gasteiger partial charge is 0.266 e. The van der Waals surface area contributed by atoms with Gasteiger partial charge in [0, 0.05) is 24.5 Å². The highest BCUT2D eigenvalue weighted by molar-refractivity contribution is 5.85. The third-order valence-electron chi connectivity index (χ3n) is 5.57. The highest BCUT2D eigenvalue weighted by Crippen LogP contribution is 2.26. The molecule has 8 heteroatoms. The first-order valence-corrected chi connectivity index (χ1v) is 11.0. The maximum absolute atomic E-state index is 13.5. The van der Waals surface area contributed by atoms with Crippen LogP contribution in [0.1, 0.15) is 38.8 Å². The Morgan fingerprint density at radius 2 is 1.97 bits per heavy atom. The molecule has 1 aliphatic rings. The molecular formula is C24H32Cl2N4O2. The van der Waals surface area contributed by atoms with Crippen LogP contribution in [0, 0.1) is 0 Å². The zero-order chi connectivity index (χ0) is 20.9. The molecule has 0 spiro atoms. The van der Waals surface area contributed by atoms with Crippen LogP contribution in [0.25, 0.3) is 16.8 Å². The predicted octanol–water partition coefficient (Wildman–Crippen LogP) is 4.72. The molecule has 0 radical (unpaired) electrons. The Labute approximate surface area is 201 Å². The molecule has 0 saturated carbocycles. The summed E-state index contributed by atoms with van der Waals surface area (Å²) in [5, 5.41) is 6.93. The van der Waals surface area contributed by atoms with Crippen molar-refractivity contribution in [3.8, 4) is 16.9 Å². The van der Waals surface area contributed by atoms with Crippen LogP contribution in [0.5, 0.6) is 5.75 Å². The van der Waals surface area contributed by atoms with Crippen LogP contribution in [-0.4, -0.2) is 35.1 Å². The van der Waals surface area contributed by atoms with E-state index in [2.05, 4.69) is 29.7 Å². The summed E-state index contributed by atoms with van der Waals surface area (Å²) < 4.78 is 7.33. The number of nitrogens with one attached hydrogen (secondary N) is 2. The normalized spacial score (nSPS) is 15.1. The van der Waals surface area contributed by atoms with Gasteiger partial charge in [-0.1, -0.05) is 25.5 Å². The molecule has 6 nitrogen and oxygen atoms in total. The fourth-order valence-electron chi connectivity index (χ4n) is 4.01. The minimum atomic E-state index is -0.0478. The number of pyridine rings is 1. The van der Waals surface area contributed by atoms with E-state index in [9.17, 15) is 4.79 Å². The van der Waals surface area contributed by atoms with Crippen LogP contribution in [0.2, 0.25) is 0 Å². The zero-order valence-corrected chi connectivity index (χ0v) is 20.2. The minimum Gasteiger partial charge on any atom is -0.490 e. The first-order chi connectivity index (χ1) is 14.7. The topological polar surface area (TPSA) is 67.7 Å². The average molecular weight is 479 g/mol. The van der Waals surface area contributed by atoms with Crippen molar-refractivity contribution in [2.45, 2.75) is 45.6 Å². The summed E-state index contributed by atoms with van der Waals surface area (Å²) in [5.74, 6) is 0.645. The van der Waals surface area contributed by atoms with Crippen LogP contribution < -0.4 is 20.9 Å². The minimum absolute atomic E-state index is 0. The fraction of sp³-hybridized carbons (Fsp3) is 0.417. The number of ether oxygens (including phenoxy) is 1. The van der Waals surface area contributed by atoms with Crippen LogP contribution in [0.3, 0.4) is 0 Å². The summed E-state index contributed by atoms with van der Waals surface area (Å²) in [6.07, 6.45) is 5.70. The van der Waals surface area contributed by atoms with Gasteiger partial charge < -0.3 is 15.4 Å². The summed E-state index contributed by atoms with van der Waals surface area (Å²) >= 11 is 0. The third-order valence-corrected chi connectivity index (χ3v) is 5.57. The molecule has 3 aromatic rings. The Bertz CT molecular complexity index is 1060. The molecule has 4 rings (SSSR count). The summed E-state index contributed by atoms with van der Waals surface area (Å²) in [6, 6.07) is 12.3. The van der Waals surface area contributed by atoms with Crippen molar-refractivity contribution in [3.05, 3.63) is 58.6 Å². The number of fused-ring (bicyclic) bond motifs is 1. The molecule has 2 aromatic heterocycles. The van der Waals surface area contributed by atoms with Crippen molar-refractivity contribution in [1.29, 1.82) is 0 Å². The quantitative estimate of drug-likeness (QED) is 0.490. The van der Waals surface area contributed by atoms with Gasteiger partial charge in [0.15, 0.2) is 11.4 Å². The summed E-state index contributed by atoms with van der Waals surface area (Å²) in [7, 11) is 0. The van der Waals surface area contributed by atoms with E-state index in [1.54, 1.807) is 10.6 Å². The van der Waals surface area contributed by atoms with E-state index in [4.69, 9.17) is 9.72 Å².